The Morgan fingerprint density at radius 1 is 1.44 bits per heavy atom. The number of ketones is 1. The lowest BCUT2D eigenvalue weighted by molar-refractivity contribution is 0.0992. The Morgan fingerprint density at radius 2 is 2.19 bits per heavy atom. The first-order chi connectivity index (χ1) is 7.63. The van der Waals surface area contributed by atoms with E-state index in [0.29, 0.717) is 18.6 Å². The molecule has 0 aliphatic carbocycles. The average molecular weight is 218 g/mol. The maximum absolute atomic E-state index is 11.8. The zero-order valence-corrected chi connectivity index (χ0v) is 9.95. The molecule has 0 heterocycles. The van der Waals surface area contributed by atoms with Gasteiger partial charge in [0.05, 0.1) is 6.61 Å². The molecule has 0 bridgehead atoms. The highest BCUT2D eigenvalue weighted by Gasteiger charge is 2.06. The molecule has 0 unspecified atom stereocenters. The molecule has 0 spiro atoms. The van der Waals surface area contributed by atoms with E-state index < -0.39 is 0 Å². The first-order valence-electron chi connectivity index (χ1n) is 5.54. The highest BCUT2D eigenvalue weighted by atomic mass is 16.5. The quantitative estimate of drug-likeness (QED) is 0.538. The topological polar surface area (TPSA) is 26.3 Å². The van der Waals surface area contributed by atoms with E-state index >= 15 is 0 Å². The molecule has 0 atom stereocenters. The van der Waals surface area contributed by atoms with E-state index in [2.05, 4.69) is 13.5 Å². The lowest BCUT2D eigenvalue weighted by Gasteiger charge is -2.06. The van der Waals surface area contributed by atoms with E-state index in [4.69, 9.17) is 4.74 Å². The Hall–Kier alpha value is -1.57. The summed E-state index contributed by atoms with van der Waals surface area (Å²) in [5.41, 5.74) is 1.57. The molecule has 86 valence electrons. The van der Waals surface area contributed by atoms with Crippen molar-refractivity contribution in [1.82, 2.24) is 0 Å². The number of hydrogen-bond donors (Lipinski definition) is 0. The van der Waals surface area contributed by atoms with Crippen LogP contribution in [0.2, 0.25) is 0 Å². The van der Waals surface area contributed by atoms with Crippen LogP contribution >= 0.6 is 0 Å². The SMILES string of the molecule is C=C(C)CC(=O)c1cccc(OCCC)c1. The molecular weight excluding hydrogens is 200 g/mol. The van der Waals surface area contributed by atoms with Crippen LogP contribution in [0.4, 0.5) is 0 Å². The third-order valence-electron chi connectivity index (χ3n) is 2.09. The minimum Gasteiger partial charge on any atom is -0.494 e. The standard InChI is InChI=1S/C14H18O2/c1-4-8-16-13-7-5-6-12(10-13)14(15)9-11(2)3/h5-7,10H,2,4,8-9H2,1,3H3. The van der Waals surface area contributed by atoms with Crippen molar-refractivity contribution in [2.75, 3.05) is 6.61 Å². The number of hydrogen-bond acceptors (Lipinski definition) is 2. The van der Waals surface area contributed by atoms with E-state index in [1.54, 1.807) is 6.07 Å². The van der Waals surface area contributed by atoms with Crippen molar-refractivity contribution >= 4 is 5.78 Å². The lowest BCUT2D eigenvalue weighted by Crippen LogP contribution is -2.01. The second kappa shape index (κ2) is 6.11. The molecule has 0 aromatic heterocycles. The van der Waals surface area contributed by atoms with E-state index in [-0.39, 0.29) is 5.78 Å². The first-order valence-corrected chi connectivity index (χ1v) is 5.54. The van der Waals surface area contributed by atoms with E-state index in [1.807, 2.05) is 25.1 Å². The molecule has 2 heteroatoms. The summed E-state index contributed by atoms with van der Waals surface area (Å²) in [5, 5.41) is 0. The molecule has 2 nitrogen and oxygen atoms in total. The first kappa shape index (κ1) is 12.5. The van der Waals surface area contributed by atoms with Crippen LogP contribution in [-0.4, -0.2) is 12.4 Å². The molecule has 0 aliphatic heterocycles. The largest absolute Gasteiger partial charge is 0.494 e. The van der Waals surface area contributed by atoms with Crippen molar-refractivity contribution in [3.8, 4) is 5.75 Å². The number of ether oxygens (including phenoxy) is 1. The van der Waals surface area contributed by atoms with Gasteiger partial charge in [-0.2, -0.15) is 0 Å². The molecular formula is C14H18O2. The molecule has 0 N–H and O–H groups in total. The number of rotatable bonds is 6. The summed E-state index contributed by atoms with van der Waals surface area (Å²) in [6.07, 6.45) is 1.36. The fraction of sp³-hybridized carbons (Fsp3) is 0.357. The summed E-state index contributed by atoms with van der Waals surface area (Å²) in [6.45, 7) is 8.33. The summed E-state index contributed by atoms with van der Waals surface area (Å²) in [6, 6.07) is 7.31. The van der Waals surface area contributed by atoms with Crippen molar-refractivity contribution in [3.63, 3.8) is 0 Å². The van der Waals surface area contributed by atoms with Crippen LogP contribution in [0.5, 0.6) is 5.75 Å². The summed E-state index contributed by atoms with van der Waals surface area (Å²) >= 11 is 0. The summed E-state index contributed by atoms with van der Waals surface area (Å²) in [4.78, 5) is 11.8. The van der Waals surface area contributed by atoms with Gasteiger partial charge in [-0.1, -0.05) is 31.2 Å². The maximum Gasteiger partial charge on any atom is 0.167 e. The zero-order chi connectivity index (χ0) is 12.0. The zero-order valence-electron chi connectivity index (χ0n) is 9.95. The molecule has 16 heavy (non-hydrogen) atoms. The van der Waals surface area contributed by atoms with Crippen LogP contribution in [0, 0.1) is 0 Å². The molecule has 1 aromatic carbocycles. The van der Waals surface area contributed by atoms with Crippen molar-refractivity contribution in [2.45, 2.75) is 26.7 Å². The number of Topliss-reactive ketones (excluding diaryl/α,β-unsaturated/α-hetero) is 1. The van der Waals surface area contributed by atoms with Gasteiger partial charge in [0.1, 0.15) is 5.75 Å². The van der Waals surface area contributed by atoms with Crippen LogP contribution in [0.25, 0.3) is 0 Å². The normalized spacial score (nSPS) is 9.88. The van der Waals surface area contributed by atoms with Crippen LogP contribution in [0.1, 0.15) is 37.0 Å². The summed E-state index contributed by atoms with van der Waals surface area (Å²) in [7, 11) is 0. The Balaban J connectivity index is 2.73. The predicted molar refractivity (Wildman–Crippen MR) is 66.0 cm³/mol. The fourth-order valence-corrected chi connectivity index (χ4v) is 1.36. The van der Waals surface area contributed by atoms with E-state index in [9.17, 15) is 4.79 Å². The number of carbonyl (C=O) groups is 1. The Bertz CT molecular complexity index is 380. The van der Waals surface area contributed by atoms with Gasteiger partial charge in [-0.15, -0.1) is 0 Å². The average Bonchev–Trinajstić information content (AvgIpc) is 2.26. The molecule has 0 amide bonds. The Kier molecular flexibility index (Phi) is 4.77. The minimum atomic E-state index is 0.0921. The second-order valence-corrected chi connectivity index (χ2v) is 3.93. The Labute approximate surface area is 96.9 Å². The fourth-order valence-electron chi connectivity index (χ4n) is 1.36. The molecule has 0 saturated carbocycles. The number of carbonyl (C=O) groups excluding carboxylic acids is 1. The van der Waals surface area contributed by atoms with Gasteiger partial charge in [-0.25, -0.2) is 0 Å². The molecule has 0 radical (unpaired) electrons. The van der Waals surface area contributed by atoms with E-state index in [1.165, 1.54) is 0 Å². The van der Waals surface area contributed by atoms with Crippen molar-refractivity contribution in [2.24, 2.45) is 0 Å². The summed E-state index contributed by atoms with van der Waals surface area (Å²) in [5.74, 6) is 0.851. The van der Waals surface area contributed by atoms with E-state index in [0.717, 1.165) is 17.7 Å². The van der Waals surface area contributed by atoms with Crippen LogP contribution in [0.15, 0.2) is 36.4 Å². The second-order valence-electron chi connectivity index (χ2n) is 3.93. The lowest BCUT2D eigenvalue weighted by atomic mass is 10.0. The highest BCUT2D eigenvalue weighted by Crippen LogP contribution is 2.16. The van der Waals surface area contributed by atoms with Gasteiger partial charge in [-0.05, 0) is 25.5 Å². The smallest absolute Gasteiger partial charge is 0.167 e. The molecule has 1 rings (SSSR count). The van der Waals surface area contributed by atoms with Crippen molar-refractivity contribution in [3.05, 3.63) is 42.0 Å². The summed E-state index contributed by atoms with van der Waals surface area (Å²) < 4.78 is 5.48. The maximum atomic E-state index is 11.8. The molecule has 0 saturated heterocycles. The molecule has 0 fully saturated rings. The Morgan fingerprint density at radius 3 is 2.81 bits per heavy atom. The van der Waals surface area contributed by atoms with Crippen LogP contribution < -0.4 is 4.74 Å². The van der Waals surface area contributed by atoms with Gasteiger partial charge in [0.2, 0.25) is 0 Å². The number of allylic oxidation sites excluding steroid dienone is 1. The third-order valence-corrected chi connectivity index (χ3v) is 2.09. The monoisotopic (exact) mass is 218 g/mol. The van der Waals surface area contributed by atoms with Gasteiger partial charge in [0.25, 0.3) is 0 Å². The van der Waals surface area contributed by atoms with Crippen LogP contribution in [-0.2, 0) is 0 Å². The van der Waals surface area contributed by atoms with Gasteiger partial charge < -0.3 is 4.74 Å². The molecule has 1 aromatic rings. The molecule has 0 aliphatic rings. The van der Waals surface area contributed by atoms with Crippen molar-refractivity contribution < 1.29 is 9.53 Å². The van der Waals surface area contributed by atoms with Crippen LogP contribution in [0.3, 0.4) is 0 Å². The van der Waals surface area contributed by atoms with Gasteiger partial charge >= 0.3 is 0 Å². The van der Waals surface area contributed by atoms with Gasteiger partial charge in [-0.3, -0.25) is 4.79 Å². The van der Waals surface area contributed by atoms with Gasteiger partial charge in [0, 0.05) is 12.0 Å². The van der Waals surface area contributed by atoms with Gasteiger partial charge in [0.15, 0.2) is 5.78 Å². The van der Waals surface area contributed by atoms with Crippen molar-refractivity contribution in [1.29, 1.82) is 0 Å². The minimum absolute atomic E-state index is 0.0921. The third kappa shape index (κ3) is 3.89. The predicted octanol–water partition coefficient (Wildman–Crippen LogP) is 3.62. The number of benzene rings is 1. The highest BCUT2D eigenvalue weighted by molar-refractivity contribution is 5.97.